The van der Waals surface area contributed by atoms with Crippen LogP contribution in [0.15, 0.2) is 43.1 Å². The minimum atomic E-state index is 0.121. The molecule has 1 aliphatic rings. The van der Waals surface area contributed by atoms with Crippen LogP contribution in [0.1, 0.15) is 18.4 Å². The zero-order valence-corrected chi connectivity index (χ0v) is 15.0. The van der Waals surface area contributed by atoms with Gasteiger partial charge in [-0.05, 0) is 24.6 Å². The Balaban J connectivity index is 1.87. The predicted octanol–water partition coefficient (Wildman–Crippen LogP) is 2.58. The molecule has 0 aliphatic carbocycles. The van der Waals surface area contributed by atoms with E-state index in [-0.39, 0.29) is 18.9 Å². The first kappa shape index (κ1) is 19.9. The number of likely N-dealkylation sites (tertiary alicyclic amines) is 1. The minimum absolute atomic E-state index is 0.121. The highest BCUT2D eigenvalue weighted by Gasteiger charge is 2.30. The molecule has 6 heteroatoms. The van der Waals surface area contributed by atoms with Gasteiger partial charge in [0.2, 0.25) is 0 Å². The van der Waals surface area contributed by atoms with Crippen LogP contribution in [0, 0.1) is 0 Å². The second-order valence-corrected chi connectivity index (χ2v) is 6.28. The second-order valence-electron chi connectivity index (χ2n) is 6.28. The van der Waals surface area contributed by atoms with Gasteiger partial charge in [-0.2, -0.15) is 0 Å². The van der Waals surface area contributed by atoms with Crippen LogP contribution in [0.3, 0.4) is 0 Å². The highest BCUT2D eigenvalue weighted by atomic mass is 17.1. The molecule has 25 heavy (non-hydrogen) atoms. The quantitative estimate of drug-likeness (QED) is 0.398. The summed E-state index contributed by atoms with van der Waals surface area (Å²) in [5, 5.41) is 8.77. The van der Waals surface area contributed by atoms with Crippen LogP contribution < -0.4 is 0 Å². The van der Waals surface area contributed by atoms with Gasteiger partial charge in [0.15, 0.2) is 0 Å². The first-order valence-corrected chi connectivity index (χ1v) is 8.80. The average molecular weight is 350 g/mol. The Morgan fingerprint density at radius 1 is 1.36 bits per heavy atom. The van der Waals surface area contributed by atoms with E-state index in [1.807, 2.05) is 24.4 Å². The monoisotopic (exact) mass is 350 g/mol. The Morgan fingerprint density at radius 2 is 2.16 bits per heavy atom. The fourth-order valence-corrected chi connectivity index (χ4v) is 3.30. The lowest BCUT2D eigenvalue weighted by atomic mass is 10.1. The molecule has 1 N–H and O–H groups in total. The van der Waals surface area contributed by atoms with Gasteiger partial charge in [-0.25, -0.2) is 4.89 Å². The number of methoxy groups -OCH3 is 1. The SMILES string of the molecule is C=CN(CCOCc1ccccc1)C1CN(COO)CCC[C@H]1OC. The number of ether oxygens (including phenoxy) is 2. The fourth-order valence-electron chi connectivity index (χ4n) is 3.30. The number of rotatable bonds is 10. The third-order valence-corrected chi connectivity index (χ3v) is 4.65. The Kier molecular flexibility index (Phi) is 8.93. The van der Waals surface area contributed by atoms with Crippen molar-refractivity contribution in [3.05, 3.63) is 48.7 Å². The maximum Gasteiger partial charge on any atom is 0.135 e. The van der Waals surface area contributed by atoms with Gasteiger partial charge in [0.1, 0.15) is 6.73 Å². The molecule has 0 bridgehead atoms. The molecule has 0 saturated carbocycles. The molecule has 1 aromatic carbocycles. The van der Waals surface area contributed by atoms with Crippen molar-refractivity contribution >= 4 is 0 Å². The Hall–Kier alpha value is -1.44. The van der Waals surface area contributed by atoms with Crippen LogP contribution >= 0.6 is 0 Å². The number of hydrogen-bond donors (Lipinski definition) is 1. The van der Waals surface area contributed by atoms with E-state index < -0.39 is 0 Å². The van der Waals surface area contributed by atoms with E-state index in [9.17, 15) is 0 Å². The van der Waals surface area contributed by atoms with Gasteiger partial charge in [-0.15, -0.1) is 0 Å². The van der Waals surface area contributed by atoms with E-state index in [2.05, 4.69) is 33.4 Å². The molecule has 0 radical (unpaired) electrons. The van der Waals surface area contributed by atoms with E-state index >= 15 is 0 Å². The topological polar surface area (TPSA) is 54.4 Å². The van der Waals surface area contributed by atoms with Crippen LogP contribution in [-0.4, -0.2) is 67.3 Å². The molecule has 0 amide bonds. The Morgan fingerprint density at radius 3 is 2.84 bits per heavy atom. The first-order valence-electron chi connectivity index (χ1n) is 8.80. The summed E-state index contributed by atoms with van der Waals surface area (Å²) in [5.74, 6) is 0. The second kappa shape index (κ2) is 11.2. The van der Waals surface area contributed by atoms with Gasteiger partial charge in [0.05, 0.1) is 25.4 Å². The fraction of sp³-hybridized carbons (Fsp3) is 0.579. The maximum absolute atomic E-state index is 8.77. The van der Waals surface area contributed by atoms with E-state index in [4.69, 9.17) is 14.7 Å². The molecule has 1 fully saturated rings. The molecule has 2 rings (SSSR count). The molecule has 140 valence electrons. The highest BCUT2D eigenvalue weighted by molar-refractivity contribution is 5.13. The maximum atomic E-state index is 8.77. The third kappa shape index (κ3) is 6.41. The van der Waals surface area contributed by atoms with Crippen LogP contribution in [0.5, 0.6) is 0 Å². The van der Waals surface area contributed by atoms with Gasteiger partial charge in [0.25, 0.3) is 0 Å². The molecule has 2 atom stereocenters. The molecular formula is C19H30N2O4. The molecule has 0 aromatic heterocycles. The van der Waals surface area contributed by atoms with Crippen molar-refractivity contribution in [2.45, 2.75) is 31.6 Å². The largest absolute Gasteiger partial charge is 0.379 e. The van der Waals surface area contributed by atoms with Crippen LogP contribution in [0.4, 0.5) is 0 Å². The lowest BCUT2D eigenvalue weighted by molar-refractivity contribution is -0.269. The number of nitrogens with zero attached hydrogens (tertiary/aromatic N) is 2. The van der Waals surface area contributed by atoms with E-state index in [0.29, 0.717) is 13.2 Å². The molecule has 1 heterocycles. The lowest BCUT2D eigenvalue weighted by Crippen LogP contribution is -2.48. The van der Waals surface area contributed by atoms with Gasteiger partial charge < -0.3 is 14.4 Å². The van der Waals surface area contributed by atoms with Gasteiger partial charge in [-0.3, -0.25) is 10.2 Å². The highest BCUT2D eigenvalue weighted by Crippen LogP contribution is 2.19. The smallest absolute Gasteiger partial charge is 0.135 e. The molecule has 1 saturated heterocycles. The van der Waals surface area contributed by atoms with Crippen molar-refractivity contribution < 1.29 is 19.6 Å². The number of hydrogen-bond acceptors (Lipinski definition) is 6. The standard InChI is InChI=1S/C19H30N2O4/c1-3-21(12-13-24-15-17-8-5-4-6-9-17)18-14-20(16-25-22)11-7-10-19(18)23-2/h3-6,8-9,18-19,22H,1,7,10-16H2,2H3/t18?,19-/m1/s1. The molecule has 1 aliphatic heterocycles. The third-order valence-electron chi connectivity index (χ3n) is 4.65. The summed E-state index contributed by atoms with van der Waals surface area (Å²) in [6.07, 6.45) is 3.95. The average Bonchev–Trinajstić information content (AvgIpc) is 2.85. The minimum Gasteiger partial charge on any atom is -0.379 e. The molecule has 1 unspecified atom stereocenters. The van der Waals surface area contributed by atoms with E-state index in [1.165, 1.54) is 5.56 Å². The normalized spacial score (nSPS) is 21.7. The predicted molar refractivity (Wildman–Crippen MR) is 97.0 cm³/mol. The Bertz CT molecular complexity index is 486. The van der Waals surface area contributed by atoms with Gasteiger partial charge in [-0.1, -0.05) is 36.9 Å². The van der Waals surface area contributed by atoms with Crippen molar-refractivity contribution in [2.75, 3.05) is 40.1 Å². The molecule has 1 aromatic rings. The zero-order valence-electron chi connectivity index (χ0n) is 15.0. The zero-order chi connectivity index (χ0) is 17.9. The molecular weight excluding hydrogens is 320 g/mol. The summed E-state index contributed by atoms with van der Waals surface area (Å²) < 4.78 is 11.5. The van der Waals surface area contributed by atoms with Crippen LogP contribution in [-0.2, 0) is 21.0 Å². The summed E-state index contributed by atoms with van der Waals surface area (Å²) >= 11 is 0. The summed E-state index contributed by atoms with van der Waals surface area (Å²) in [6, 6.07) is 10.3. The van der Waals surface area contributed by atoms with Gasteiger partial charge >= 0.3 is 0 Å². The summed E-state index contributed by atoms with van der Waals surface area (Å²) in [4.78, 5) is 8.59. The number of benzene rings is 1. The molecule has 6 nitrogen and oxygen atoms in total. The van der Waals surface area contributed by atoms with E-state index in [1.54, 1.807) is 7.11 Å². The van der Waals surface area contributed by atoms with Crippen LogP contribution in [0.2, 0.25) is 0 Å². The van der Waals surface area contributed by atoms with Crippen LogP contribution in [0.25, 0.3) is 0 Å². The first-order chi connectivity index (χ1) is 12.3. The van der Waals surface area contributed by atoms with Crippen molar-refractivity contribution in [3.8, 4) is 0 Å². The summed E-state index contributed by atoms with van der Waals surface area (Å²) in [7, 11) is 1.75. The van der Waals surface area contributed by atoms with Crippen molar-refractivity contribution in [1.82, 2.24) is 9.80 Å². The molecule has 0 spiro atoms. The summed E-state index contributed by atoms with van der Waals surface area (Å²) in [6.45, 7) is 7.77. The van der Waals surface area contributed by atoms with Gasteiger partial charge in [0, 0.05) is 26.7 Å². The van der Waals surface area contributed by atoms with Crippen molar-refractivity contribution in [3.63, 3.8) is 0 Å². The van der Waals surface area contributed by atoms with E-state index in [0.717, 1.165) is 32.5 Å². The van der Waals surface area contributed by atoms with Crippen molar-refractivity contribution in [2.24, 2.45) is 0 Å². The van der Waals surface area contributed by atoms with Crippen molar-refractivity contribution in [1.29, 1.82) is 0 Å². The lowest BCUT2D eigenvalue weighted by Gasteiger charge is -2.36. The summed E-state index contributed by atoms with van der Waals surface area (Å²) in [5.41, 5.74) is 1.17. The Labute approximate surface area is 150 Å².